The van der Waals surface area contributed by atoms with Gasteiger partial charge in [0.1, 0.15) is 6.54 Å². The van der Waals surface area contributed by atoms with Gasteiger partial charge in [0.2, 0.25) is 5.91 Å². The van der Waals surface area contributed by atoms with Crippen LogP contribution in [0.4, 0.5) is 24.5 Å². The smallest absolute Gasteiger partial charge is 0.368 e. The maximum Gasteiger partial charge on any atom is 0.416 e. The summed E-state index contributed by atoms with van der Waals surface area (Å²) in [6.07, 6.45) is -4.43. The Balaban J connectivity index is 1.50. The molecule has 0 radical (unpaired) electrons. The summed E-state index contributed by atoms with van der Waals surface area (Å²) in [5, 5.41) is 0. The molecule has 10 heteroatoms. The van der Waals surface area contributed by atoms with Gasteiger partial charge >= 0.3 is 6.18 Å². The highest BCUT2D eigenvalue weighted by Crippen LogP contribution is 2.32. The van der Waals surface area contributed by atoms with E-state index >= 15 is 0 Å². The van der Waals surface area contributed by atoms with Gasteiger partial charge in [0.25, 0.3) is 10.0 Å². The van der Waals surface area contributed by atoms with Gasteiger partial charge in [-0.05, 0) is 55.0 Å². The van der Waals surface area contributed by atoms with Crippen LogP contribution in [0.1, 0.15) is 11.1 Å². The second-order valence-electron chi connectivity index (χ2n) is 8.58. The Labute approximate surface area is 208 Å². The zero-order chi connectivity index (χ0) is 25.9. The molecule has 1 aliphatic rings. The number of amides is 1. The van der Waals surface area contributed by atoms with Crippen molar-refractivity contribution in [1.29, 1.82) is 0 Å². The molecule has 1 fully saturated rings. The molecule has 190 valence electrons. The number of piperazine rings is 1. The molecule has 3 aromatic rings. The average molecular weight is 518 g/mol. The number of sulfonamides is 1. The lowest BCUT2D eigenvalue weighted by atomic mass is 10.1. The van der Waals surface area contributed by atoms with Gasteiger partial charge in [-0.2, -0.15) is 13.2 Å². The van der Waals surface area contributed by atoms with Crippen molar-refractivity contribution in [2.24, 2.45) is 0 Å². The van der Waals surface area contributed by atoms with E-state index in [-0.39, 0.29) is 30.4 Å². The summed E-state index contributed by atoms with van der Waals surface area (Å²) >= 11 is 0. The number of hydrogen-bond acceptors (Lipinski definition) is 4. The van der Waals surface area contributed by atoms with Crippen LogP contribution in [0.3, 0.4) is 0 Å². The van der Waals surface area contributed by atoms with Crippen molar-refractivity contribution in [2.75, 3.05) is 41.9 Å². The minimum Gasteiger partial charge on any atom is -0.368 e. The van der Waals surface area contributed by atoms with E-state index in [9.17, 15) is 26.4 Å². The normalized spacial score (nSPS) is 14.6. The Bertz CT molecular complexity index is 1320. The lowest BCUT2D eigenvalue weighted by molar-refractivity contribution is -0.137. The largest absolute Gasteiger partial charge is 0.416 e. The van der Waals surface area contributed by atoms with Crippen LogP contribution in [-0.2, 0) is 21.0 Å². The Kier molecular flexibility index (Phi) is 7.26. The van der Waals surface area contributed by atoms with E-state index in [1.807, 2.05) is 13.0 Å². The molecule has 3 aromatic carbocycles. The van der Waals surface area contributed by atoms with Crippen molar-refractivity contribution in [3.63, 3.8) is 0 Å². The standard InChI is InChI=1S/C26H26F3N3O3S/c1-20-7-5-10-23(17-20)32(36(34,35)24-11-3-2-4-12-24)19-25(33)31-15-13-30(14-16-31)22-9-6-8-21(18-22)26(27,28)29/h2-12,17-18H,13-16,19H2,1H3. The van der Waals surface area contributed by atoms with Crippen molar-refractivity contribution in [3.8, 4) is 0 Å². The number of halogens is 3. The number of carbonyl (C=O) groups is 1. The second kappa shape index (κ2) is 10.2. The summed E-state index contributed by atoms with van der Waals surface area (Å²) in [6, 6.07) is 19.9. The summed E-state index contributed by atoms with van der Waals surface area (Å²) in [7, 11) is -4.01. The van der Waals surface area contributed by atoms with Crippen LogP contribution in [0.15, 0.2) is 83.8 Å². The van der Waals surface area contributed by atoms with Gasteiger partial charge in [-0.1, -0.05) is 36.4 Å². The molecule has 0 aromatic heterocycles. The van der Waals surface area contributed by atoms with Gasteiger partial charge in [0, 0.05) is 31.9 Å². The first-order valence-electron chi connectivity index (χ1n) is 11.4. The van der Waals surface area contributed by atoms with Gasteiger partial charge in [0.15, 0.2) is 0 Å². The van der Waals surface area contributed by atoms with Gasteiger partial charge in [-0.15, -0.1) is 0 Å². The van der Waals surface area contributed by atoms with Crippen LogP contribution in [0.2, 0.25) is 0 Å². The van der Waals surface area contributed by atoms with Crippen LogP contribution in [0.5, 0.6) is 0 Å². The average Bonchev–Trinajstić information content (AvgIpc) is 2.87. The summed E-state index contributed by atoms with van der Waals surface area (Å²) in [4.78, 5) is 16.6. The number of nitrogens with zero attached hydrogens (tertiary/aromatic N) is 3. The number of hydrogen-bond donors (Lipinski definition) is 0. The maximum absolute atomic E-state index is 13.5. The number of alkyl halides is 3. The summed E-state index contributed by atoms with van der Waals surface area (Å²) < 4.78 is 67.3. The van der Waals surface area contributed by atoms with Crippen molar-refractivity contribution >= 4 is 27.3 Å². The molecule has 0 atom stereocenters. The van der Waals surface area contributed by atoms with Crippen molar-refractivity contribution in [1.82, 2.24) is 4.90 Å². The minimum absolute atomic E-state index is 0.0775. The van der Waals surface area contributed by atoms with Gasteiger partial charge < -0.3 is 9.80 Å². The molecular weight excluding hydrogens is 491 g/mol. The predicted octanol–water partition coefficient (Wildman–Crippen LogP) is 4.56. The summed E-state index contributed by atoms with van der Waals surface area (Å²) in [6.45, 7) is 2.66. The molecule has 0 spiro atoms. The Morgan fingerprint density at radius 2 is 1.56 bits per heavy atom. The molecule has 1 aliphatic heterocycles. The van der Waals surface area contributed by atoms with Crippen LogP contribution < -0.4 is 9.21 Å². The second-order valence-corrected chi connectivity index (χ2v) is 10.4. The van der Waals surface area contributed by atoms with Crippen LogP contribution in [0.25, 0.3) is 0 Å². The molecule has 4 rings (SSSR count). The SMILES string of the molecule is Cc1cccc(N(CC(=O)N2CCN(c3cccc(C(F)(F)F)c3)CC2)S(=O)(=O)c2ccccc2)c1. The highest BCUT2D eigenvalue weighted by atomic mass is 32.2. The van der Waals surface area contributed by atoms with Crippen LogP contribution in [-0.4, -0.2) is 51.9 Å². The molecule has 6 nitrogen and oxygen atoms in total. The van der Waals surface area contributed by atoms with Crippen LogP contribution in [0, 0.1) is 6.92 Å². The van der Waals surface area contributed by atoms with Crippen molar-refractivity contribution in [2.45, 2.75) is 18.0 Å². The first-order valence-corrected chi connectivity index (χ1v) is 12.8. The van der Waals surface area contributed by atoms with E-state index in [1.54, 1.807) is 52.3 Å². The molecule has 0 saturated carbocycles. The Morgan fingerprint density at radius 1 is 0.889 bits per heavy atom. The Hall–Kier alpha value is -3.53. The maximum atomic E-state index is 13.5. The summed E-state index contributed by atoms with van der Waals surface area (Å²) in [5.41, 5.74) is 0.945. The number of carbonyl (C=O) groups excluding carboxylic acids is 1. The number of benzene rings is 3. The first kappa shape index (κ1) is 25.6. The lowest BCUT2D eigenvalue weighted by Gasteiger charge is -2.37. The third kappa shape index (κ3) is 5.64. The predicted molar refractivity (Wildman–Crippen MR) is 132 cm³/mol. The Morgan fingerprint density at radius 3 is 2.19 bits per heavy atom. The number of rotatable bonds is 6. The third-order valence-corrected chi connectivity index (χ3v) is 7.86. The molecule has 1 amide bonds. The van der Waals surface area contributed by atoms with E-state index in [4.69, 9.17) is 0 Å². The van der Waals surface area contributed by atoms with Crippen molar-refractivity contribution < 1.29 is 26.4 Å². The quantitative estimate of drug-likeness (QED) is 0.481. The van der Waals surface area contributed by atoms with E-state index in [2.05, 4.69) is 0 Å². The van der Waals surface area contributed by atoms with Gasteiger partial charge in [-0.25, -0.2) is 8.42 Å². The number of anilines is 2. The molecule has 0 aliphatic carbocycles. The van der Waals surface area contributed by atoms with E-state index in [0.29, 0.717) is 24.5 Å². The molecule has 0 bridgehead atoms. The molecule has 36 heavy (non-hydrogen) atoms. The molecule has 1 saturated heterocycles. The van der Waals surface area contributed by atoms with Gasteiger partial charge in [-0.3, -0.25) is 9.10 Å². The zero-order valence-electron chi connectivity index (χ0n) is 19.6. The monoisotopic (exact) mass is 517 g/mol. The first-order chi connectivity index (χ1) is 17.1. The third-order valence-electron chi connectivity index (χ3n) is 6.07. The van der Waals surface area contributed by atoms with E-state index in [0.717, 1.165) is 22.0 Å². The highest BCUT2D eigenvalue weighted by molar-refractivity contribution is 7.92. The molecular formula is C26H26F3N3O3S. The van der Waals surface area contributed by atoms with Crippen molar-refractivity contribution in [3.05, 3.63) is 90.0 Å². The van der Waals surface area contributed by atoms with E-state index < -0.39 is 21.8 Å². The lowest BCUT2D eigenvalue weighted by Crippen LogP contribution is -2.52. The topological polar surface area (TPSA) is 60.9 Å². The van der Waals surface area contributed by atoms with Crippen LogP contribution >= 0.6 is 0 Å². The molecule has 0 unspecified atom stereocenters. The number of aryl methyl sites for hydroxylation is 1. The highest BCUT2D eigenvalue weighted by Gasteiger charge is 2.32. The molecule has 1 heterocycles. The zero-order valence-corrected chi connectivity index (χ0v) is 20.5. The fourth-order valence-corrected chi connectivity index (χ4v) is 5.56. The fourth-order valence-electron chi connectivity index (χ4n) is 4.13. The van der Waals surface area contributed by atoms with Gasteiger partial charge in [0.05, 0.1) is 16.1 Å². The molecule has 0 N–H and O–H groups in total. The summed E-state index contributed by atoms with van der Waals surface area (Å²) in [5.74, 6) is -0.375. The van der Waals surface area contributed by atoms with E-state index in [1.165, 1.54) is 18.2 Å². The minimum atomic E-state index is -4.43. The fraction of sp³-hybridized carbons (Fsp3) is 0.269.